The van der Waals surface area contributed by atoms with Crippen molar-refractivity contribution in [1.29, 1.82) is 0 Å². The van der Waals surface area contributed by atoms with Crippen molar-refractivity contribution >= 4 is 28.8 Å². The van der Waals surface area contributed by atoms with Crippen LogP contribution >= 0.6 is 22.9 Å². The van der Waals surface area contributed by atoms with Crippen LogP contribution in [0.25, 0.3) is 0 Å². The predicted molar refractivity (Wildman–Crippen MR) is 76.4 cm³/mol. The summed E-state index contributed by atoms with van der Waals surface area (Å²) in [6.07, 6.45) is 0. The third-order valence-electron chi connectivity index (χ3n) is 3.02. The second-order valence-corrected chi connectivity index (χ2v) is 5.71. The molecule has 0 radical (unpaired) electrons. The van der Waals surface area contributed by atoms with Gasteiger partial charge >= 0.3 is 0 Å². The molecular formula is C14H13ClFNOS. The summed E-state index contributed by atoms with van der Waals surface area (Å²) in [7, 11) is 0. The maximum atomic E-state index is 13.6. The molecule has 0 fully saturated rings. The van der Waals surface area contributed by atoms with Crippen LogP contribution in [0, 0.1) is 19.7 Å². The van der Waals surface area contributed by atoms with Crippen molar-refractivity contribution in [3.8, 4) is 0 Å². The average molecular weight is 298 g/mol. The van der Waals surface area contributed by atoms with E-state index in [0.29, 0.717) is 6.54 Å². The Morgan fingerprint density at radius 1 is 1.42 bits per heavy atom. The fourth-order valence-electron chi connectivity index (χ4n) is 1.72. The van der Waals surface area contributed by atoms with E-state index in [1.807, 2.05) is 19.2 Å². The van der Waals surface area contributed by atoms with E-state index in [-0.39, 0.29) is 10.6 Å². The quantitative estimate of drug-likeness (QED) is 0.908. The molecule has 0 spiro atoms. The van der Waals surface area contributed by atoms with Crippen molar-refractivity contribution in [1.82, 2.24) is 5.32 Å². The van der Waals surface area contributed by atoms with E-state index < -0.39 is 11.7 Å². The number of halogens is 2. The molecule has 1 heterocycles. The molecule has 1 N–H and O–H groups in total. The van der Waals surface area contributed by atoms with E-state index in [1.54, 1.807) is 11.3 Å². The standard InChI is InChI=1S/C14H13ClFNOS/c1-8-9(2)19-7-10(8)6-17-14(18)13-11(15)4-3-5-12(13)16/h3-5,7H,6H2,1-2H3,(H,17,18). The van der Waals surface area contributed by atoms with Gasteiger partial charge in [-0.25, -0.2) is 4.39 Å². The van der Waals surface area contributed by atoms with Gasteiger partial charge in [-0.15, -0.1) is 11.3 Å². The molecule has 2 nitrogen and oxygen atoms in total. The lowest BCUT2D eigenvalue weighted by Gasteiger charge is -2.07. The van der Waals surface area contributed by atoms with Gasteiger partial charge in [-0.05, 0) is 42.5 Å². The molecule has 19 heavy (non-hydrogen) atoms. The highest BCUT2D eigenvalue weighted by molar-refractivity contribution is 7.10. The van der Waals surface area contributed by atoms with Gasteiger partial charge < -0.3 is 5.32 Å². The first-order chi connectivity index (χ1) is 9.00. The maximum Gasteiger partial charge on any atom is 0.256 e. The lowest BCUT2D eigenvalue weighted by molar-refractivity contribution is 0.0947. The lowest BCUT2D eigenvalue weighted by Crippen LogP contribution is -2.24. The number of hydrogen-bond donors (Lipinski definition) is 1. The first-order valence-corrected chi connectivity index (χ1v) is 7.02. The molecule has 2 rings (SSSR count). The molecule has 2 aromatic rings. The van der Waals surface area contributed by atoms with Crippen LogP contribution in [0.4, 0.5) is 4.39 Å². The number of rotatable bonds is 3. The normalized spacial score (nSPS) is 10.5. The number of aryl methyl sites for hydroxylation is 1. The van der Waals surface area contributed by atoms with Gasteiger partial charge in [-0.3, -0.25) is 4.79 Å². The van der Waals surface area contributed by atoms with Crippen molar-refractivity contribution in [3.05, 3.63) is 56.0 Å². The minimum atomic E-state index is -0.608. The molecule has 0 saturated carbocycles. The highest BCUT2D eigenvalue weighted by Gasteiger charge is 2.15. The third-order valence-corrected chi connectivity index (χ3v) is 4.39. The van der Waals surface area contributed by atoms with Crippen LogP contribution in [0.3, 0.4) is 0 Å². The van der Waals surface area contributed by atoms with E-state index in [1.165, 1.54) is 23.1 Å². The van der Waals surface area contributed by atoms with Crippen molar-refractivity contribution < 1.29 is 9.18 Å². The van der Waals surface area contributed by atoms with Crippen LogP contribution in [0.2, 0.25) is 5.02 Å². The number of hydrogen-bond acceptors (Lipinski definition) is 2. The first-order valence-electron chi connectivity index (χ1n) is 5.76. The van der Waals surface area contributed by atoms with E-state index in [0.717, 1.165) is 11.1 Å². The highest BCUT2D eigenvalue weighted by atomic mass is 35.5. The van der Waals surface area contributed by atoms with E-state index >= 15 is 0 Å². The topological polar surface area (TPSA) is 29.1 Å². The van der Waals surface area contributed by atoms with Crippen molar-refractivity contribution in [3.63, 3.8) is 0 Å². The van der Waals surface area contributed by atoms with Crippen LogP contribution < -0.4 is 5.32 Å². The molecule has 1 aromatic heterocycles. The van der Waals surface area contributed by atoms with Crippen LogP contribution in [-0.4, -0.2) is 5.91 Å². The van der Waals surface area contributed by atoms with E-state index in [9.17, 15) is 9.18 Å². The summed E-state index contributed by atoms with van der Waals surface area (Å²) < 4.78 is 13.6. The average Bonchev–Trinajstić information content (AvgIpc) is 2.67. The number of carbonyl (C=O) groups is 1. The Kier molecular flexibility index (Phi) is 4.22. The summed E-state index contributed by atoms with van der Waals surface area (Å²) in [4.78, 5) is 13.2. The third kappa shape index (κ3) is 2.96. The van der Waals surface area contributed by atoms with Crippen molar-refractivity contribution in [2.45, 2.75) is 20.4 Å². The molecule has 5 heteroatoms. The minimum Gasteiger partial charge on any atom is -0.348 e. The molecule has 0 atom stereocenters. The Labute approximate surface area is 120 Å². The molecule has 0 aliphatic heterocycles. The summed E-state index contributed by atoms with van der Waals surface area (Å²) in [6.45, 7) is 4.40. The van der Waals surface area contributed by atoms with Crippen molar-refractivity contribution in [2.24, 2.45) is 0 Å². The monoisotopic (exact) mass is 297 g/mol. The Morgan fingerprint density at radius 3 is 2.74 bits per heavy atom. The first kappa shape index (κ1) is 14.0. The van der Waals surface area contributed by atoms with Crippen LogP contribution in [-0.2, 0) is 6.54 Å². The second-order valence-electron chi connectivity index (χ2n) is 4.22. The number of amides is 1. The lowest BCUT2D eigenvalue weighted by atomic mass is 10.1. The molecule has 0 aliphatic carbocycles. The summed E-state index contributed by atoms with van der Waals surface area (Å²) in [5.74, 6) is -1.10. The fraction of sp³-hybridized carbons (Fsp3) is 0.214. The molecule has 1 amide bonds. The summed E-state index contributed by atoms with van der Waals surface area (Å²) in [5.41, 5.74) is 2.10. The SMILES string of the molecule is Cc1scc(CNC(=O)c2c(F)cccc2Cl)c1C. The number of carbonyl (C=O) groups excluding carboxylic acids is 1. The number of thiophene rings is 1. The largest absolute Gasteiger partial charge is 0.348 e. The van der Waals surface area contributed by atoms with Gasteiger partial charge in [0, 0.05) is 11.4 Å². The number of nitrogens with one attached hydrogen (secondary N) is 1. The second kappa shape index (κ2) is 5.72. The van der Waals surface area contributed by atoms with Crippen molar-refractivity contribution in [2.75, 3.05) is 0 Å². The summed E-state index contributed by atoms with van der Waals surface area (Å²) in [5, 5.41) is 4.81. The van der Waals surface area contributed by atoms with Gasteiger partial charge in [0.2, 0.25) is 0 Å². The smallest absolute Gasteiger partial charge is 0.256 e. The van der Waals surface area contributed by atoms with Crippen LogP contribution in [0.1, 0.15) is 26.4 Å². The Hall–Kier alpha value is -1.39. The minimum absolute atomic E-state index is 0.103. The number of benzene rings is 1. The van der Waals surface area contributed by atoms with Gasteiger partial charge in [-0.2, -0.15) is 0 Å². The zero-order valence-electron chi connectivity index (χ0n) is 10.6. The summed E-state index contributed by atoms with van der Waals surface area (Å²) in [6, 6.07) is 4.20. The molecule has 0 bridgehead atoms. The van der Waals surface area contributed by atoms with Gasteiger partial charge in [0.25, 0.3) is 5.91 Å². The molecule has 1 aromatic carbocycles. The molecule has 0 unspecified atom stereocenters. The molecule has 0 saturated heterocycles. The Morgan fingerprint density at radius 2 is 2.16 bits per heavy atom. The Bertz CT molecular complexity index is 604. The van der Waals surface area contributed by atoms with Gasteiger partial charge in [0.15, 0.2) is 0 Å². The van der Waals surface area contributed by atoms with Crippen LogP contribution in [0.5, 0.6) is 0 Å². The van der Waals surface area contributed by atoms with Gasteiger partial charge in [-0.1, -0.05) is 17.7 Å². The summed E-state index contributed by atoms with van der Waals surface area (Å²) >= 11 is 7.48. The maximum absolute atomic E-state index is 13.6. The Balaban J connectivity index is 2.12. The molecule has 100 valence electrons. The zero-order valence-corrected chi connectivity index (χ0v) is 12.2. The molecule has 0 aliphatic rings. The zero-order chi connectivity index (χ0) is 14.0. The fourth-order valence-corrected chi connectivity index (χ4v) is 2.85. The van der Waals surface area contributed by atoms with Gasteiger partial charge in [0.05, 0.1) is 10.6 Å². The van der Waals surface area contributed by atoms with Gasteiger partial charge in [0.1, 0.15) is 5.82 Å². The predicted octanol–water partition coefficient (Wildman–Crippen LogP) is 4.09. The van der Waals surface area contributed by atoms with E-state index in [2.05, 4.69) is 5.32 Å². The van der Waals surface area contributed by atoms with Crippen LogP contribution in [0.15, 0.2) is 23.6 Å². The highest BCUT2D eigenvalue weighted by Crippen LogP contribution is 2.21. The van der Waals surface area contributed by atoms with E-state index in [4.69, 9.17) is 11.6 Å². The molecular weight excluding hydrogens is 285 g/mol.